The third-order valence-corrected chi connectivity index (χ3v) is 5.80. The Bertz CT molecular complexity index is 1060. The summed E-state index contributed by atoms with van der Waals surface area (Å²) in [6, 6.07) is 12.9. The van der Waals surface area contributed by atoms with Gasteiger partial charge in [-0.2, -0.15) is 0 Å². The molecule has 160 valence electrons. The number of hydrogen-bond donors (Lipinski definition) is 1. The van der Waals surface area contributed by atoms with E-state index in [2.05, 4.69) is 5.32 Å². The third-order valence-electron chi connectivity index (χ3n) is 5.80. The van der Waals surface area contributed by atoms with Gasteiger partial charge in [0.2, 0.25) is 0 Å². The quantitative estimate of drug-likeness (QED) is 0.449. The van der Waals surface area contributed by atoms with Crippen LogP contribution in [0.15, 0.2) is 48.5 Å². The first-order valence-corrected chi connectivity index (χ1v) is 10.0. The van der Waals surface area contributed by atoms with E-state index in [-0.39, 0.29) is 23.6 Å². The van der Waals surface area contributed by atoms with Crippen molar-refractivity contribution in [3.8, 4) is 0 Å². The van der Waals surface area contributed by atoms with Crippen molar-refractivity contribution in [3.05, 3.63) is 64.2 Å². The van der Waals surface area contributed by atoms with Crippen LogP contribution in [0.1, 0.15) is 31.2 Å². The number of benzene rings is 2. The number of rotatable bonds is 5. The molecule has 2 aromatic rings. The zero-order valence-corrected chi connectivity index (χ0v) is 16.7. The first-order chi connectivity index (χ1) is 14.9. The van der Waals surface area contributed by atoms with Gasteiger partial charge in [0.15, 0.2) is 6.61 Å². The molecule has 2 aromatic carbocycles. The average Bonchev–Trinajstić information content (AvgIpc) is 3.23. The van der Waals surface area contributed by atoms with E-state index in [9.17, 15) is 24.5 Å². The molecule has 0 bridgehead atoms. The Morgan fingerprint density at radius 3 is 2.52 bits per heavy atom. The predicted octanol–water partition coefficient (Wildman–Crippen LogP) is 2.98. The van der Waals surface area contributed by atoms with E-state index in [1.54, 1.807) is 30.3 Å². The molecule has 1 aliphatic carbocycles. The zero-order chi connectivity index (χ0) is 22.0. The van der Waals surface area contributed by atoms with Crippen LogP contribution in [0.4, 0.5) is 17.1 Å². The van der Waals surface area contributed by atoms with E-state index >= 15 is 0 Å². The van der Waals surface area contributed by atoms with E-state index in [1.165, 1.54) is 23.1 Å². The van der Waals surface area contributed by atoms with Gasteiger partial charge in [0.25, 0.3) is 17.5 Å². The second kappa shape index (κ2) is 8.17. The molecule has 0 radical (unpaired) electrons. The van der Waals surface area contributed by atoms with E-state index in [1.807, 2.05) is 0 Å². The van der Waals surface area contributed by atoms with Crippen LogP contribution in [-0.2, 0) is 25.5 Å². The van der Waals surface area contributed by atoms with Crippen LogP contribution in [0.5, 0.6) is 0 Å². The lowest BCUT2D eigenvalue weighted by Gasteiger charge is -2.44. The van der Waals surface area contributed by atoms with E-state index in [0.717, 1.165) is 12.8 Å². The SMILES string of the molecule is O=C(Cc1ccccc1[N+](=O)[O-])OCC(=O)N1c2ccccc2NC(=O)C12CCCC2. The number of nitro benzene ring substituents is 1. The second-order valence-electron chi connectivity index (χ2n) is 7.66. The summed E-state index contributed by atoms with van der Waals surface area (Å²) in [6.07, 6.45) is 2.37. The predicted molar refractivity (Wildman–Crippen MR) is 112 cm³/mol. The van der Waals surface area contributed by atoms with Crippen LogP contribution in [0.25, 0.3) is 0 Å². The van der Waals surface area contributed by atoms with Gasteiger partial charge in [-0.1, -0.05) is 43.2 Å². The van der Waals surface area contributed by atoms with Crippen molar-refractivity contribution in [1.29, 1.82) is 0 Å². The summed E-state index contributed by atoms with van der Waals surface area (Å²) in [5.74, 6) is -1.48. The number of carbonyl (C=O) groups excluding carboxylic acids is 3. The monoisotopic (exact) mass is 423 g/mol. The molecule has 0 saturated heterocycles. The Hall–Kier alpha value is -3.75. The topological polar surface area (TPSA) is 119 Å². The van der Waals surface area contributed by atoms with Crippen molar-refractivity contribution in [1.82, 2.24) is 0 Å². The highest BCUT2D eigenvalue weighted by molar-refractivity contribution is 6.15. The molecule has 31 heavy (non-hydrogen) atoms. The Morgan fingerprint density at radius 2 is 1.77 bits per heavy atom. The maximum absolute atomic E-state index is 13.2. The molecule has 1 heterocycles. The summed E-state index contributed by atoms with van der Waals surface area (Å²) in [5.41, 5.74) is 0.140. The molecular formula is C22H21N3O6. The van der Waals surface area contributed by atoms with Crippen molar-refractivity contribution < 1.29 is 24.0 Å². The van der Waals surface area contributed by atoms with Gasteiger partial charge >= 0.3 is 5.97 Å². The van der Waals surface area contributed by atoms with Crippen LogP contribution in [-0.4, -0.2) is 34.9 Å². The first-order valence-electron chi connectivity index (χ1n) is 10.0. The van der Waals surface area contributed by atoms with Crippen molar-refractivity contribution in [2.75, 3.05) is 16.8 Å². The minimum absolute atomic E-state index is 0.183. The Labute approximate surface area is 178 Å². The molecule has 9 heteroatoms. The molecule has 4 rings (SSSR count). The number of nitro groups is 1. The maximum Gasteiger partial charge on any atom is 0.311 e. The Kier molecular flexibility index (Phi) is 5.41. The van der Waals surface area contributed by atoms with E-state index < -0.39 is 28.9 Å². The molecule has 1 aliphatic heterocycles. The van der Waals surface area contributed by atoms with Gasteiger partial charge in [0.05, 0.1) is 22.7 Å². The van der Waals surface area contributed by atoms with Crippen LogP contribution in [0, 0.1) is 10.1 Å². The molecule has 2 aliphatic rings. The highest BCUT2D eigenvalue weighted by atomic mass is 16.6. The highest BCUT2D eigenvalue weighted by Gasteiger charge is 2.52. The fraction of sp³-hybridized carbons (Fsp3) is 0.318. The van der Waals surface area contributed by atoms with Gasteiger partial charge in [0.1, 0.15) is 5.54 Å². The maximum atomic E-state index is 13.2. The number of carbonyl (C=O) groups is 3. The summed E-state index contributed by atoms with van der Waals surface area (Å²) in [5, 5.41) is 14.0. The van der Waals surface area contributed by atoms with Crippen LogP contribution >= 0.6 is 0 Å². The molecule has 1 N–H and O–H groups in total. The van der Waals surface area contributed by atoms with E-state index in [0.29, 0.717) is 24.2 Å². The van der Waals surface area contributed by atoms with Crippen LogP contribution in [0.3, 0.4) is 0 Å². The molecule has 0 unspecified atom stereocenters. The molecule has 1 saturated carbocycles. The summed E-state index contributed by atoms with van der Waals surface area (Å²) in [7, 11) is 0. The van der Waals surface area contributed by atoms with Crippen molar-refractivity contribution in [2.45, 2.75) is 37.6 Å². The molecule has 0 aromatic heterocycles. The molecule has 1 spiro atoms. The summed E-state index contributed by atoms with van der Waals surface area (Å²) >= 11 is 0. The lowest BCUT2D eigenvalue weighted by atomic mass is 9.90. The number of nitrogens with one attached hydrogen (secondary N) is 1. The van der Waals surface area contributed by atoms with Crippen molar-refractivity contribution >= 4 is 34.8 Å². The smallest absolute Gasteiger partial charge is 0.311 e. The van der Waals surface area contributed by atoms with Gasteiger partial charge in [-0.05, 0) is 25.0 Å². The Morgan fingerprint density at radius 1 is 1.10 bits per heavy atom. The van der Waals surface area contributed by atoms with Gasteiger partial charge in [0, 0.05) is 11.6 Å². The molecule has 2 amide bonds. The number of anilines is 2. The lowest BCUT2D eigenvalue weighted by Crippen LogP contribution is -2.61. The minimum Gasteiger partial charge on any atom is -0.455 e. The number of ether oxygens (including phenoxy) is 1. The van der Waals surface area contributed by atoms with Gasteiger partial charge in [-0.25, -0.2) is 0 Å². The summed E-state index contributed by atoms with van der Waals surface area (Å²) in [6.45, 7) is -0.553. The standard InChI is InChI=1S/C22H21N3O6/c26-19(14-31-20(27)13-15-7-1-3-9-17(15)25(29)30)24-18-10-4-2-8-16(18)23-21(28)22(24)11-5-6-12-22/h1-4,7-10H,5-6,11-14H2,(H,23,28). The Balaban J connectivity index is 1.52. The highest BCUT2D eigenvalue weighted by Crippen LogP contribution is 2.45. The van der Waals surface area contributed by atoms with Gasteiger partial charge in [-0.3, -0.25) is 29.4 Å². The summed E-state index contributed by atoms with van der Waals surface area (Å²) in [4.78, 5) is 50.4. The largest absolute Gasteiger partial charge is 0.455 e. The number of hydrogen-bond acceptors (Lipinski definition) is 6. The van der Waals surface area contributed by atoms with Gasteiger partial charge in [-0.15, -0.1) is 0 Å². The van der Waals surface area contributed by atoms with Crippen LogP contribution < -0.4 is 10.2 Å². The first kappa shape index (κ1) is 20.5. The second-order valence-corrected chi connectivity index (χ2v) is 7.66. The minimum atomic E-state index is -0.990. The lowest BCUT2D eigenvalue weighted by molar-refractivity contribution is -0.385. The number of amides is 2. The molecule has 0 atom stereocenters. The molecular weight excluding hydrogens is 402 g/mol. The number of para-hydroxylation sites is 3. The van der Waals surface area contributed by atoms with Crippen LogP contribution in [0.2, 0.25) is 0 Å². The number of fused-ring (bicyclic) bond motifs is 1. The number of nitrogens with zero attached hydrogens (tertiary/aromatic N) is 2. The average molecular weight is 423 g/mol. The fourth-order valence-electron chi connectivity index (χ4n) is 4.38. The molecule has 1 fully saturated rings. The van der Waals surface area contributed by atoms with Crippen molar-refractivity contribution in [2.24, 2.45) is 0 Å². The van der Waals surface area contributed by atoms with Crippen molar-refractivity contribution in [3.63, 3.8) is 0 Å². The third kappa shape index (κ3) is 3.74. The fourth-order valence-corrected chi connectivity index (χ4v) is 4.38. The summed E-state index contributed by atoms with van der Waals surface area (Å²) < 4.78 is 5.16. The zero-order valence-electron chi connectivity index (χ0n) is 16.7. The van der Waals surface area contributed by atoms with E-state index in [4.69, 9.17) is 4.74 Å². The molecule has 9 nitrogen and oxygen atoms in total. The number of esters is 1. The van der Waals surface area contributed by atoms with Gasteiger partial charge < -0.3 is 10.1 Å². The normalized spacial score (nSPS) is 16.5.